The molecular formula is C9H16N2O3. The van der Waals surface area contributed by atoms with Gasteiger partial charge in [-0.05, 0) is 18.8 Å². The molecule has 0 aliphatic heterocycles. The lowest BCUT2D eigenvalue weighted by Crippen LogP contribution is -2.37. The van der Waals surface area contributed by atoms with Crippen molar-refractivity contribution in [2.24, 2.45) is 5.92 Å². The quantitative estimate of drug-likeness (QED) is 0.555. The standard InChI is InChI=1S/C9H16N2O3/c1-14-9(13)6-10-5-8(12)11-4-7-2-3-7/h7,10H,2-6H2,1H3,(H,11,12). The molecule has 0 radical (unpaired) electrons. The number of hydrogen-bond donors (Lipinski definition) is 2. The predicted octanol–water partition coefficient (Wildman–Crippen LogP) is -0.725. The first-order chi connectivity index (χ1) is 6.72. The highest BCUT2D eigenvalue weighted by atomic mass is 16.5. The summed E-state index contributed by atoms with van der Waals surface area (Å²) in [6, 6.07) is 0. The minimum Gasteiger partial charge on any atom is -0.468 e. The molecule has 1 aliphatic rings. The van der Waals surface area contributed by atoms with Crippen molar-refractivity contribution in [3.05, 3.63) is 0 Å². The summed E-state index contributed by atoms with van der Waals surface area (Å²) in [5, 5.41) is 5.48. The molecule has 5 heteroatoms. The van der Waals surface area contributed by atoms with Gasteiger partial charge in [-0.15, -0.1) is 0 Å². The Labute approximate surface area is 83.2 Å². The van der Waals surface area contributed by atoms with Crippen LogP contribution in [0.4, 0.5) is 0 Å². The molecule has 0 saturated heterocycles. The number of hydrogen-bond acceptors (Lipinski definition) is 4. The molecule has 1 rings (SSSR count). The summed E-state index contributed by atoms with van der Waals surface area (Å²) in [4.78, 5) is 21.8. The van der Waals surface area contributed by atoms with E-state index in [1.165, 1.54) is 20.0 Å². The maximum atomic E-state index is 11.1. The van der Waals surface area contributed by atoms with Crippen LogP contribution in [0.15, 0.2) is 0 Å². The van der Waals surface area contributed by atoms with E-state index < -0.39 is 0 Å². The lowest BCUT2D eigenvalue weighted by atomic mass is 10.4. The fourth-order valence-electron chi connectivity index (χ4n) is 0.993. The fraction of sp³-hybridized carbons (Fsp3) is 0.778. The van der Waals surface area contributed by atoms with Gasteiger partial charge in [0.15, 0.2) is 0 Å². The van der Waals surface area contributed by atoms with Gasteiger partial charge in [-0.2, -0.15) is 0 Å². The van der Waals surface area contributed by atoms with Gasteiger partial charge in [0, 0.05) is 6.54 Å². The van der Waals surface area contributed by atoms with Gasteiger partial charge in [0.05, 0.1) is 20.2 Å². The van der Waals surface area contributed by atoms with E-state index >= 15 is 0 Å². The highest BCUT2D eigenvalue weighted by Crippen LogP contribution is 2.27. The molecule has 1 aliphatic carbocycles. The Morgan fingerprint density at radius 2 is 2.07 bits per heavy atom. The summed E-state index contributed by atoms with van der Waals surface area (Å²) >= 11 is 0. The number of esters is 1. The minimum atomic E-state index is -0.361. The summed E-state index contributed by atoms with van der Waals surface area (Å²) in [6.07, 6.45) is 2.44. The number of carbonyl (C=O) groups is 2. The zero-order valence-electron chi connectivity index (χ0n) is 8.34. The van der Waals surface area contributed by atoms with E-state index in [2.05, 4.69) is 15.4 Å². The van der Waals surface area contributed by atoms with Crippen LogP contribution in [0.5, 0.6) is 0 Å². The Bertz CT molecular complexity index is 214. The maximum absolute atomic E-state index is 11.1. The van der Waals surface area contributed by atoms with Crippen molar-refractivity contribution in [2.75, 3.05) is 26.7 Å². The monoisotopic (exact) mass is 200 g/mol. The van der Waals surface area contributed by atoms with Gasteiger partial charge in [0.1, 0.15) is 0 Å². The molecule has 2 N–H and O–H groups in total. The molecule has 0 spiro atoms. The van der Waals surface area contributed by atoms with Crippen molar-refractivity contribution in [1.82, 2.24) is 10.6 Å². The van der Waals surface area contributed by atoms with E-state index in [4.69, 9.17) is 0 Å². The number of nitrogens with one attached hydrogen (secondary N) is 2. The molecule has 80 valence electrons. The molecule has 0 heterocycles. The molecule has 0 aromatic carbocycles. The molecule has 1 amide bonds. The van der Waals surface area contributed by atoms with Crippen LogP contribution in [-0.2, 0) is 14.3 Å². The van der Waals surface area contributed by atoms with Crippen molar-refractivity contribution >= 4 is 11.9 Å². The van der Waals surface area contributed by atoms with Gasteiger partial charge in [0.25, 0.3) is 0 Å². The van der Waals surface area contributed by atoms with Gasteiger partial charge in [-0.3, -0.25) is 14.9 Å². The number of carbonyl (C=O) groups excluding carboxylic acids is 2. The first-order valence-corrected chi connectivity index (χ1v) is 4.76. The van der Waals surface area contributed by atoms with Crippen LogP contribution >= 0.6 is 0 Å². The predicted molar refractivity (Wildman–Crippen MR) is 50.6 cm³/mol. The summed E-state index contributed by atoms with van der Waals surface area (Å²) < 4.78 is 4.41. The van der Waals surface area contributed by atoms with Gasteiger partial charge in [-0.25, -0.2) is 0 Å². The summed E-state index contributed by atoms with van der Waals surface area (Å²) in [7, 11) is 1.32. The third-order valence-corrected chi connectivity index (χ3v) is 2.07. The lowest BCUT2D eigenvalue weighted by Gasteiger charge is -2.04. The molecular weight excluding hydrogens is 184 g/mol. The summed E-state index contributed by atoms with van der Waals surface area (Å²) in [5.74, 6) is 0.250. The maximum Gasteiger partial charge on any atom is 0.319 e. The third kappa shape index (κ3) is 4.81. The van der Waals surface area contributed by atoms with Crippen LogP contribution < -0.4 is 10.6 Å². The Balaban J connectivity index is 1.93. The summed E-state index contributed by atoms with van der Waals surface area (Å²) in [6.45, 7) is 1.01. The molecule has 14 heavy (non-hydrogen) atoms. The van der Waals surface area contributed by atoms with E-state index in [0.29, 0.717) is 5.92 Å². The Morgan fingerprint density at radius 3 is 2.64 bits per heavy atom. The van der Waals surface area contributed by atoms with E-state index in [9.17, 15) is 9.59 Å². The number of amides is 1. The second-order valence-electron chi connectivity index (χ2n) is 3.43. The first-order valence-electron chi connectivity index (χ1n) is 4.76. The minimum absolute atomic E-state index is 0.0687. The van der Waals surface area contributed by atoms with Crippen LogP contribution in [0.25, 0.3) is 0 Å². The Kier molecular flexibility index (Phi) is 4.39. The van der Waals surface area contributed by atoms with Crippen molar-refractivity contribution in [2.45, 2.75) is 12.8 Å². The van der Waals surface area contributed by atoms with E-state index in [0.717, 1.165) is 6.54 Å². The van der Waals surface area contributed by atoms with Gasteiger partial charge >= 0.3 is 5.97 Å². The largest absolute Gasteiger partial charge is 0.468 e. The van der Waals surface area contributed by atoms with Crippen molar-refractivity contribution < 1.29 is 14.3 Å². The molecule has 5 nitrogen and oxygen atoms in total. The average molecular weight is 200 g/mol. The molecule has 1 fully saturated rings. The number of ether oxygens (including phenoxy) is 1. The van der Waals surface area contributed by atoms with Crippen molar-refractivity contribution in [3.8, 4) is 0 Å². The van der Waals surface area contributed by atoms with Crippen LogP contribution in [0, 0.1) is 5.92 Å². The second-order valence-corrected chi connectivity index (χ2v) is 3.43. The number of rotatable bonds is 6. The topological polar surface area (TPSA) is 67.4 Å². The van der Waals surface area contributed by atoms with Crippen molar-refractivity contribution in [3.63, 3.8) is 0 Å². The Hall–Kier alpha value is -1.10. The Morgan fingerprint density at radius 1 is 1.36 bits per heavy atom. The van der Waals surface area contributed by atoms with E-state index in [1.807, 2.05) is 0 Å². The van der Waals surface area contributed by atoms with Gasteiger partial charge in [-0.1, -0.05) is 0 Å². The molecule has 0 atom stereocenters. The van der Waals surface area contributed by atoms with Crippen LogP contribution in [0.2, 0.25) is 0 Å². The molecule has 0 unspecified atom stereocenters. The smallest absolute Gasteiger partial charge is 0.319 e. The fourth-order valence-corrected chi connectivity index (χ4v) is 0.993. The van der Waals surface area contributed by atoms with E-state index in [1.54, 1.807) is 0 Å². The van der Waals surface area contributed by atoms with Crippen LogP contribution in [-0.4, -0.2) is 38.6 Å². The summed E-state index contributed by atoms with van der Waals surface area (Å²) in [5.41, 5.74) is 0. The zero-order chi connectivity index (χ0) is 10.4. The SMILES string of the molecule is COC(=O)CNCC(=O)NCC1CC1. The first kappa shape index (κ1) is 11.0. The van der Waals surface area contributed by atoms with Gasteiger partial charge in [0.2, 0.25) is 5.91 Å². The normalized spacial score (nSPS) is 14.9. The lowest BCUT2D eigenvalue weighted by molar-refractivity contribution is -0.139. The highest BCUT2D eigenvalue weighted by molar-refractivity contribution is 5.79. The van der Waals surface area contributed by atoms with Crippen LogP contribution in [0.3, 0.4) is 0 Å². The number of methoxy groups -OCH3 is 1. The van der Waals surface area contributed by atoms with Crippen molar-refractivity contribution in [1.29, 1.82) is 0 Å². The average Bonchev–Trinajstić information content (AvgIpc) is 2.98. The second kappa shape index (κ2) is 5.59. The third-order valence-electron chi connectivity index (χ3n) is 2.07. The zero-order valence-corrected chi connectivity index (χ0v) is 8.34. The molecule has 1 saturated carbocycles. The molecule has 0 aromatic heterocycles. The van der Waals surface area contributed by atoms with E-state index in [-0.39, 0.29) is 25.0 Å². The van der Waals surface area contributed by atoms with Crippen LogP contribution in [0.1, 0.15) is 12.8 Å². The molecule has 0 bridgehead atoms. The molecule has 0 aromatic rings. The highest BCUT2D eigenvalue weighted by Gasteiger charge is 2.21. The van der Waals surface area contributed by atoms with Gasteiger partial charge < -0.3 is 10.1 Å².